The lowest BCUT2D eigenvalue weighted by atomic mass is 9.90. The molecule has 0 aromatic heterocycles. The van der Waals surface area contributed by atoms with Crippen LogP contribution in [0, 0.1) is 5.92 Å². The molecule has 0 N–H and O–H groups in total. The van der Waals surface area contributed by atoms with Crippen molar-refractivity contribution in [2.45, 2.75) is 72.5 Å². The predicted molar refractivity (Wildman–Crippen MR) is 70.1 cm³/mol. The molecule has 4 heteroatoms. The summed E-state index contributed by atoms with van der Waals surface area (Å²) < 4.78 is 10.5. The van der Waals surface area contributed by atoms with Crippen LogP contribution in [-0.2, 0) is 19.1 Å². The van der Waals surface area contributed by atoms with Crippen LogP contribution in [0.2, 0.25) is 0 Å². The van der Waals surface area contributed by atoms with Crippen LogP contribution in [0.3, 0.4) is 0 Å². The highest BCUT2D eigenvalue weighted by molar-refractivity contribution is 5.66. The molecular weight excluding hydrogens is 232 g/mol. The zero-order chi connectivity index (χ0) is 14.3. The third-order valence-electron chi connectivity index (χ3n) is 3.42. The fourth-order valence-electron chi connectivity index (χ4n) is 1.79. The first kappa shape index (κ1) is 16.9. The maximum atomic E-state index is 11.1. The first-order valence-electron chi connectivity index (χ1n) is 6.57. The van der Waals surface area contributed by atoms with Gasteiger partial charge in [0.15, 0.2) is 0 Å². The summed E-state index contributed by atoms with van der Waals surface area (Å²) in [7, 11) is 0. The first-order chi connectivity index (χ1) is 8.20. The number of carbonyl (C=O) groups excluding carboxylic acids is 2. The summed E-state index contributed by atoms with van der Waals surface area (Å²) in [5.74, 6) is -0.261. The Morgan fingerprint density at radius 1 is 1.17 bits per heavy atom. The maximum absolute atomic E-state index is 11.1. The lowest BCUT2D eigenvalue weighted by Gasteiger charge is -2.30. The van der Waals surface area contributed by atoms with Crippen LogP contribution in [0.25, 0.3) is 0 Å². The second-order valence-corrected chi connectivity index (χ2v) is 5.23. The van der Waals surface area contributed by atoms with Crippen LogP contribution in [0.1, 0.15) is 60.8 Å². The minimum Gasteiger partial charge on any atom is -0.463 e. The van der Waals surface area contributed by atoms with E-state index < -0.39 is 5.60 Å². The Hall–Kier alpha value is -1.06. The fourth-order valence-corrected chi connectivity index (χ4v) is 1.79. The van der Waals surface area contributed by atoms with Crippen molar-refractivity contribution in [1.82, 2.24) is 0 Å². The van der Waals surface area contributed by atoms with Gasteiger partial charge in [0.1, 0.15) is 11.7 Å². The van der Waals surface area contributed by atoms with E-state index in [1.54, 1.807) is 0 Å². The van der Waals surface area contributed by atoms with Crippen molar-refractivity contribution in [2.75, 3.05) is 0 Å². The summed E-state index contributed by atoms with van der Waals surface area (Å²) in [5, 5.41) is 0. The molecule has 0 heterocycles. The molecule has 0 radical (unpaired) electrons. The van der Waals surface area contributed by atoms with E-state index in [-0.39, 0.29) is 24.0 Å². The van der Waals surface area contributed by atoms with Gasteiger partial charge in [-0.3, -0.25) is 9.59 Å². The molecule has 0 aliphatic carbocycles. The molecule has 0 amide bonds. The van der Waals surface area contributed by atoms with Gasteiger partial charge in [-0.15, -0.1) is 0 Å². The van der Waals surface area contributed by atoms with Gasteiger partial charge in [-0.25, -0.2) is 0 Å². The van der Waals surface area contributed by atoms with E-state index >= 15 is 0 Å². The third-order valence-corrected chi connectivity index (χ3v) is 3.42. The smallest absolute Gasteiger partial charge is 0.303 e. The Morgan fingerprint density at radius 2 is 1.72 bits per heavy atom. The molecule has 4 nitrogen and oxygen atoms in total. The normalized spacial score (nSPS) is 17.4. The molecule has 106 valence electrons. The van der Waals surface area contributed by atoms with Crippen molar-refractivity contribution in [3.05, 3.63) is 0 Å². The molecule has 0 aromatic rings. The van der Waals surface area contributed by atoms with Crippen molar-refractivity contribution in [2.24, 2.45) is 5.92 Å². The van der Waals surface area contributed by atoms with Crippen molar-refractivity contribution in [3.63, 3.8) is 0 Å². The van der Waals surface area contributed by atoms with Gasteiger partial charge in [0.05, 0.1) is 0 Å². The largest absolute Gasteiger partial charge is 0.463 e. The van der Waals surface area contributed by atoms with E-state index in [2.05, 4.69) is 0 Å². The van der Waals surface area contributed by atoms with E-state index in [0.717, 1.165) is 19.3 Å². The zero-order valence-corrected chi connectivity index (χ0v) is 12.4. The molecule has 0 rings (SSSR count). The van der Waals surface area contributed by atoms with Crippen LogP contribution in [0.15, 0.2) is 0 Å². The van der Waals surface area contributed by atoms with Gasteiger partial charge in [0.25, 0.3) is 0 Å². The molecule has 0 saturated heterocycles. The molecule has 0 aliphatic rings. The predicted octanol–water partition coefficient (Wildman–Crippen LogP) is 3.09. The van der Waals surface area contributed by atoms with E-state index in [0.29, 0.717) is 0 Å². The van der Waals surface area contributed by atoms with Crippen LogP contribution >= 0.6 is 0 Å². The Kier molecular flexibility index (Phi) is 6.96. The van der Waals surface area contributed by atoms with Crippen LogP contribution < -0.4 is 0 Å². The highest BCUT2D eigenvalue weighted by Crippen LogP contribution is 2.26. The summed E-state index contributed by atoms with van der Waals surface area (Å²) in [4.78, 5) is 21.9. The van der Waals surface area contributed by atoms with Crippen molar-refractivity contribution < 1.29 is 19.1 Å². The average molecular weight is 258 g/mol. The summed E-state index contributed by atoms with van der Waals surface area (Å²) in [6, 6.07) is 0. The molecule has 0 bridgehead atoms. The molecule has 3 unspecified atom stereocenters. The third kappa shape index (κ3) is 6.62. The topological polar surface area (TPSA) is 52.6 Å². The van der Waals surface area contributed by atoms with Gasteiger partial charge in [-0.05, 0) is 39.0 Å². The highest BCUT2D eigenvalue weighted by Gasteiger charge is 2.27. The van der Waals surface area contributed by atoms with Crippen LogP contribution in [0.5, 0.6) is 0 Å². The number of rotatable bonds is 7. The van der Waals surface area contributed by atoms with Crippen molar-refractivity contribution in [1.29, 1.82) is 0 Å². The van der Waals surface area contributed by atoms with E-state index in [4.69, 9.17) is 9.47 Å². The number of hydrogen-bond acceptors (Lipinski definition) is 4. The van der Waals surface area contributed by atoms with Crippen LogP contribution in [0.4, 0.5) is 0 Å². The minimum atomic E-state index is -0.421. The van der Waals surface area contributed by atoms with Gasteiger partial charge >= 0.3 is 11.9 Å². The number of carbonyl (C=O) groups is 2. The summed E-state index contributed by atoms with van der Waals surface area (Å²) in [5.41, 5.74) is -0.421. The van der Waals surface area contributed by atoms with Crippen molar-refractivity contribution >= 4 is 11.9 Å². The molecule has 3 atom stereocenters. The summed E-state index contributed by atoms with van der Waals surface area (Å²) >= 11 is 0. The number of ether oxygens (including phenoxy) is 2. The Labute approximate surface area is 110 Å². The molecule has 0 aromatic carbocycles. The van der Waals surface area contributed by atoms with E-state index in [1.165, 1.54) is 13.8 Å². The molecule has 0 fully saturated rings. The lowest BCUT2D eigenvalue weighted by Crippen LogP contribution is -2.32. The van der Waals surface area contributed by atoms with Crippen LogP contribution in [-0.4, -0.2) is 23.6 Å². The van der Waals surface area contributed by atoms with E-state index in [9.17, 15) is 9.59 Å². The highest BCUT2D eigenvalue weighted by atomic mass is 16.6. The second kappa shape index (κ2) is 7.39. The van der Waals surface area contributed by atoms with Gasteiger partial charge < -0.3 is 9.47 Å². The first-order valence-corrected chi connectivity index (χ1v) is 6.57. The van der Waals surface area contributed by atoms with E-state index in [1.807, 2.05) is 27.7 Å². The summed E-state index contributed by atoms with van der Waals surface area (Å²) in [6.07, 6.45) is 2.30. The molecule has 0 spiro atoms. The Bertz CT molecular complexity index is 288. The Morgan fingerprint density at radius 3 is 2.11 bits per heavy atom. The van der Waals surface area contributed by atoms with Gasteiger partial charge in [-0.1, -0.05) is 13.8 Å². The van der Waals surface area contributed by atoms with Crippen molar-refractivity contribution in [3.8, 4) is 0 Å². The SMILES string of the molecule is CCC(C)(CCC(C)C(C)OC(C)=O)OC(C)=O. The average Bonchev–Trinajstić information content (AvgIpc) is 2.24. The Balaban J connectivity index is 4.27. The maximum Gasteiger partial charge on any atom is 0.303 e. The molecule has 0 saturated carbocycles. The van der Waals surface area contributed by atoms with Gasteiger partial charge in [0.2, 0.25) is 0 Å². The van der Waals surface area contributed by atoms with Gasteiger partial charge in [0, 0.05) is 13.8 Å². The lowest BCUT2D eigenvalue weighted by molar-refractivity contribution is -0.156. The van der Waals surface area contributed by atoms with Gasteiger partial charge in [-0.2, -0.15) is 0 Å². The standard InChI is InChI=1S/C14H26O4/c1-7-14(6,18-13(5)16)9-8-10(2)11(3)17-12(4)15/h10-11H,7-9H2,1-6H3. The minimum absolute atomic E-state index is 0.110. The molecule has 0 aliphatic heterocycles. The quantitative estimate of drug-likeness (QED) is 0.658. The summed E-state index contributed by atoms with van der Waals surface area (Å²) in [6.45, 7) is 10.7. The molecule has 18 heavy (non-hydrogen) atoms. The number of esters is 2. The molecular formula is C14H26O4. The monoisotopic (exact) mass is 258 g/mol. The second-order valence-electron chi connectivity index (χ2n) is 5.23. The zero-order valence-electron chi connectivity index (χ0n) is 12.4. The number of hydrogen-bond donors (Lipinski definition) is 0. The fraction of sp³-hybridized carbons (Fsp3) is 0.857.